The summed E-state index contributed by atoms with van der Waals surface area (Å²) in [4.78, 5) is 13.7. The number of benzene rings is 1. The van der Waals surface area contributed by atoms with Crippen LogP contribution >= 0.6 is 15.9 Å². The number of rotatable bonds is 3. The van der Waals surface area contributed by atoms with Crippen molar-refractivity contribution < 1.29 is 4.79 Å². The van der Waals surface area contributed by atoms with Crippen LogP contribution in [0.1, 0.15) is 24.9 Å². The van der Waals surface area contributed by atoms with Crippen LogP contribution in [-0.2, 0) is 4.79 Å². The summed E-state index contributed by atoms with van der Waals surface area (Å²) in [5.41, 5.74) is 7.37. The highest BCUT2D eigenvalue weighted by Gasteiger charge is 2.26. The van der Waals surface area contributed by atoms with Gasteiger partial charge >= 0.3 is 0 Å². The average molecular weight is 326 g/mol. The van der Waals surface area contributed by atoms with Crippen LogP contribution in [0.3, 0.4) is 0 Å². The number of halogens is 1. The maximum Gasteiger partial charge on any atom is 0.221 e. The van der Waals surface area contributed by atoms with Gasteiger partial charge in [-0.05, 0) is 24.6 Å². The second-order valence-corrected chi connectivity index (χ2v) is 5.91. The Kier molecular flexibility index (Phi) is 4.96. The summed E-state index contributed by atoms with van der Waals surface area (Å²) in [6.45, 7) is 4.30. The molecule has 0 aliphatic carbocycles. The SMILES string of the molecule is CC(N)C(c1cccc(Br)c1)N1CCNC(=O)CC1. The minimum Gasteiger partial charge on any atom is -0.355 e. The lowest BCUT2D eigenvalue weighted by Gasteiger charge is -2.33. The monoisotopic (exact) mass is 325 g/mol. The molecule has 1 fully saturated rings. The van der Waals surface area contributed by atoms with Gasteiger partial charge in [0.05, 0.1) is 0 Å². The van der Waals surface area contributed by atoms with E-state index >= 15 is 0 Å². The minimum atomic E-state index is 0.0162. The summed E-state index contributed by atoms with van der Waals surface area (Å²) in [6.07, 6.45) is 0.539. The highest BCUT2D eigenvalue weighted by atomic mass is 79.9. The van der Waals surface area contributed by atoms with Crippen LogP contribution in [0.5, 0.6) is 0 Å². The molecule has 1 aliphatic rings. The van der Waals surface area contributed by atoms with Crippen molar-refractivity contribution in [3.05, 3.63) is 34.3 Å². The molecule has 1 saturated heterocycles. The van der Waals surface area contributed by atoms with Crippen molar-refractivity contribution in [2.75, 3.05) is 19.6 Å². The largest absolute Gasteiger partial charge is 0.355 e. The molecule has 3 N–H and O–H groups in total. The molecule has 0 aromatic heterocycles. The molecule has 1 heterocycles. The molecule has 19 heavy (non-hydrogen) atoms. The number of hydrogen-bond acceptors (Lipinski definition) is 3. The molecule has 0 radical (unpaired) electrons. The first kappa shape index (κ1) is 14.5. The van der Waals surface area contributed by atoms with Crippen molar-refractivity contribution in [2.24, 2.45) is 5.73 Å². The van der Waals surface area contributed by atoms with Crippen LogP contribution in [0.15, 0.2) is 28.7 Å². The molecular formula is C14H20BrN3O. The van der Waals surface area contributed by atoms with Crippen LogP contribution in [0, 0.1) is 0 Å². The maximum absolute atomic E-state index is 11.4. The van der Waals surface area contributed by atoms with Gasteiger partial charge in [0, 0.05) is 42.6 Å². The van der Waals surface area contributed by atoms with E-state index in [4.69, 9.17) is 5.73 Å². The van der Waals surface area contributed by atoms with Crippen LogP contribution in [0.25, 0.3) is 0 Å². The molecule has 4 nitrogen and oxygen atoms in total. The van der Waals surface area contributed by atoms with E-state index in [1.807, 2.05) is 19.1 Å². The van der Waals surface area contributed by atoms with Gasteiger partial charge in [-0.25, -0.2) is 0 Å². The Balaban J connectivity index is 2.22. The third kappa shape index (κ3) is 3.78. The van der Waals surface area contributed by atoms with Gasteiger partial charge in [0.15, 0.2) is 0 Å². The topological polar surface area (TPSA) is 58.4 Å². The van der Waals surface area contributed by atoms with E-state index in [0.29, 0.717) is 13.0 Å². The third-order valence-electron chi connectivity index (χ3n) is 3.43. The number of nitrogens with zero attached hydrogens (tertiary/aromatic N) is 1. The van der Waals surface area contributed by atoms with Crippen molar-refractivity contribution in [3.63, 3.8) is 0 Å². The van der Waals surface area contributed by atoms with E-state index < -0.39 is 0 Å². The first-order valence-corrected chi connectivity index (χ1v) is 7.39. The molecule has 1 aromatic carbocycles. The summed E-state index contributed by atoms with van der Waals surface area (Å²) in [5.74, 6) is 0.125. The summed E-state index contributed by atoms with van der Waals surface area (Å²) in [6, 6.07) is 8.39. The Morgan fingerprint density at radius 1 is 1.42 bits per heavy atom. The molecule has 0 spiro atoms. The first-order chi connectivity index (χ1) is 9.08. The van der Waals surface area contributed by atoms with Gasteiger partial charge in [-0.3, -0.25) is 9.69 Å². The Morgan fingerprint density at radius 3 is 2.89 bits per heavy atom. The number of carbonyl (C=O) groups excluding carboxylic acids is 1. The molecular weight excluding hydrogens is 306 g/mol. The van der Waals surface area contributed by atoms with Crippen molar-refractivity contribution in [1.29, 1.82) is 0 Å². The maximum atomic E-state index is 11.4. The number of amides is 1. The summed E-state index contributed by atoms with van der Waals surface area (Å²) in [5, 5.41) is 2.90. The van der Waals surface area contributed by atoms with Crippen LogP contribution in [0.2, 0.25) is 0 Å². The standard InChI is InChI=1S/C14H20BrN3O/c1-10(16)14(11-3-2-4-12(15)9-11)18-7-5-13(19)17-6-8-18/h2-4,9-10,14H,5-8,16H2,1H3,(H,17,19). The molecule has 2 atom stereocenters. The zero-order chi connectivity index (χ0) is 13.8. The third-order valence-corrected chi connectivity index (χ3v) is 3.92. The summed E-state index contributed by atoms with van der Waals surface area (Å²) in [7, 11) is 0. The highest BCUT2D eigenvalue weighted by Crippen LogP contribution is 2.26. The van der Waals surface area contributed by atoms with Gasteiger partial charge in [-0.2, -0.15) is 0 Å². The summed E-state index contributed by atoms with van der Waals surface area (Å²) >= 11 is 3.50. The molecule has 2 unspecified atom stereocenters. The number of hydrogen-bond donors (Lipinski definition) is 2. The Hall–Kier alpha value is -0.910. The number of nitrogens with two attached hydrogens (primary N) is 1. The van der Waals surface area contributed by atoms with Gasteiger partial charge in [0.2, 0.25) is 5.91 Å². The normalized spacial score (nSPS) is 20.5. The smallest absolute Gasteiger partial charge is 0.221 e. The Labute approximate surface area is 122 Å². The van der Waals surface area contributed by atoms with Crippen molar-refractivity contribution in [3.8, 4) is 0 Å². The molecule has 1 amide bonds. The van der Waals surface area contributed by atoms with Crippen molar-refractivity contribution in [2.45, 2.75) is 25.4 Å². The first-order valence-electron chi connectivity index (χ1n) is 6.59. The lowest BCUT2D eigenvalue weighted by atomic mass is 9.99. The highest BCUT2D eigenvalue weighted by molar-refractivity contribution is 9.10. The van der Waals surface area contributed by atoms with Gasteiger partial charge in [0.1, 0.15) is 0 Å². The predicted octanol–water partition coefficient (Wildman–Crippen LogP) is 1.66. The van der Waals surface area contributed by atoms with E-state index in [9.17, 15) is 4.79 Å². The fourth-order valence-corrected chi connectivity index (χ4v) is 3.02. The van der Waals surface area contributed by atoms with E-state index in [0.717, 1.165) is 17.6 Å². The lowest BCUT2D eigenvalue weighted by molar-refractivity contribution is -0.120. The minimum absolute atomic E-state index is 0.0162. The Bertz CT molecular complexity index is 450. The zero-order valence-corrected chi connectivity index (χ0v) is 12.7. The summed E-state index contributed by atoms with van der Waals surface area (Å²) < 4.78 is 1.06. The van der Waals surface area contributed by atoms with Crippen LogP contribution < -0.4 is 11.1 Å². The Morgan fingerprint density at radius 2 is 2.21 bits per heavy atom. The molecule has 1 aliphatic heterocycles. The predicted molar refractivity (Wildman–Crippen MR) is 79.7 cm³/mol. The van der Waals surface area contributed by atoms with E-state index in [2.05, 4.69) is 38.3 Å². The number of carbonyl (C=O) groups is 1. The van der Waals surface area contributed by atoms with E-state index in [1.165, 1.54) is 5.56 Å². The van der Waals surface area contributed by atoms with Crippen molar-refractivity contribution in [1.82, 2.24) is 10.2 Å². The molecule has 0 saturated carbocycles. The van der Waals surface area contributed by atoms with Gasteiger partial charge in [-0.15, -0.1) is 0 Å². The van der Waals surface area contributed by atoms with Crippen molar-refractivity contribution >= 4 is 21.8 Å². The molecule has 5 heteroatoms. The fraction of sp³-hybridized carbons (Fsp3) is 0.500. The number of nitrogens with one attached hydrogen (secondary N) is 1. The molecule has 0 bridgehead atoms. The van der Waals surface area contributed by atoms with E-state index in [1.54, 1.807) is 0 Å². The van der Waals surface area contributed by atoms with E-state index in [-0.39, 0.29) is 18.0 Å². The quantitative estimate of drug-likeness (QED) is 0.888. The van der Waals surface area contributed by atoms with Crippen LogP contribution in [0.4, 0.5) is 0 Å². The van der Waals surface area contributed by atoms with Gasteiger partial charge in [0.25, 0.3) is 0 Å². The van der Waals surface area contributed by atoms with Gasteiger partial charge < -0.3 is 11.1 Å². The second-order valence-electron chi connectivity index (χ2n) is 4.99. The molecule has 104 valence electrons. The zero-order valence-electron chi connectivity index (χ0n) is 11.1. The molecule has 1 aromatic rings. The van der Waals surface area contributed by atoms with Crippen LogP contribution in [-0.4, -0.2) is 36.5 Å². The fourth-order valence-electron chi connectivity index (χ4n) is 2.60. The molecule has 2 rings (SSSR count). The lowest BCUT2D eigenvalue weighted by Crippen LogP contribution is -2.41. The average Bonchev–Trinajstić information content (AvgIpc) is 2.55. The second kappa shape index (κ2) is 6.50. The van der Waals surface area contributed by atoms with Gasteiger partial charge in [-0.1, -0.05) is 28.1 Å².